The normalized spacial score (nSPS) is 15.2. The molecule has 8 heteroatoms. The molecular formula is C18H26N6OS. The van der Waals surface area contributed by atoms with Crippen LogP contribution in [0.4, 0.5) is 11.6 Å². The van der Waals surface area contributed by atoms with Crippen LogP contribution >= 0.6 is 11.8 Å². The summed E-state index contributed by atoms with van der Waals surface area (Å²) < 4.78 is 5.32. The quantitative estimate of drug-likeness (QED) is 0.565. The molecule has 1 fully saturated rings. The molecule has 0 atom stereocenters. The van der Waals surface area contributed by atoms with Crippen LogP contribution in [0.3, 0.4) is 0 Å². The Hall–Kier alpha value is -2.09. The third-order valence-electron chi connectivity index (χ3n) is 4.67. The first-order valence-electron chi connectivity index (χ1n) is 8.81. The van der Waals surface area contributed by atoms with E-state index in [1.165, 1.54) is 0 Å². The molecule has 1 aliphatic rings. The lowest BCUT2D eigenvalue weighted by atomic mass is 9.96. The third kappa shape index (κ3) is 4.35. The Bertz CT molecular complexity index is 735. The third-order valence-corrected chi connectivity index (χ3v) is 5.22. The molecule has 0 N–H and O–H groups in total. The zero-order valence-electron chi connectivity index (χ0n) is 15.8. The molecule has 26 heavy (non-hydrogen) atoms. The van der Waals surface area contributed by atoms with E-state index >= 15 is 0 Å². The minimum Gasteiger partial charge on any atom is -0.478 e. The SMILES string of the molecule is COc1nccnc1N(C)CC1CCN(c2cc(C)nc(SC)n2)CC1. The number of piperidine rings is 1. The molecule has 0 saturated carbocycles. The van der Waals surface area contributed by atoms with Gasteiger partial charge in [-0.25, -0.2) is 19.9 Å². The van der Waals surface area contributed by atoms with Gasteiger partial charge in [-0.2, -0.15) is 0 Å². The minimum atomic E-state index is 0.577. The van der Waals surface area contributed by atoms with Gasteiger partial charge in [0.25, 0.3) is 5.88 Å². The predicted octanol–water partition coefficient (Wildman–Crippen LogP) is 2.66. The number of rotatable bonds is 6. The highest BCUT2D eigenvalue weighted by atomic mass is 32.2. The second kappa shape index (κ2) is 8.53. The summed E-state index contributed by atoms with van der Waals surface area (Å²) in [6.45, 7) is 5.00. The van der Waals surface area contributed by atoms with Gasteiger partial charge in [-0.3, -0.25) is 0 Å². The molecule has 0 amide bonds. The highest BCUT2D eigenvalue weighted by Gasteiger charge is 2.23. The van der Waals surface area contributed by atoms with E-state index in [0.29, 0.717) is 11.8 Å². The number of hydrogen-bond acceptors (Lipinski definition) is 8. The fourth-order valence-electron chi connectivity index (χ4n) is 3.32. The van der Waals surface area contributed by atoms with E-state index in [0.717, 1.165) is 55.0 Å². The maximum absolute atomic E-state index is 5.32. The molecule has 0 unspecified atom stereocenters. The minimum absolute atomic E-state index is 0.577. The van der Waals surface area contributed by atoms with Gasteiger partial charge in [0.05, 0.1) is 7.11 Å². The number of nitrogens with zero attached hydrogens (tertiary/aromatic N) is 6. The maximum atomic E-state index is 5.32. The molecular weight excluding hydrogens is 348 g/mol. The number of aryl methyl sites for hydroxylation is 1. The molecule has 0 bridgehead atoms. The van der Waals surface area contributed by atoms with Crippen LogP contribution in [0.25, 0.3) is 0 Å². The molecule has 3 rings (SSSR count). The first-order valence-corrected chi connectivity index (χ1v) is 10.0. The first-order chi connectivity index (χ1) is 12.6. The zero-order chi connectivity index (χ0) is 18.5. The monoisotopic (exact) mass is 374 g/mol. The lowest BCUT2D eigenvalue weighted by Crippen LogP contribution is -2.38. The van der Waals surface area contributed by atoms with Crippen molar-refractivity contribution in [1.29, 1.82) is 0 Å². The van der Waals surface area contributed by atoms with Crippen LogP contribution in [-0.2, 0) is 0 Å². The van der Waals surface area contributed by atoms with E-state index in [2.05, 4.69) is 42.8 Å². The highest BCUT2D eigenvalue weighted by molar-refractivity contribution is 7.98. The van der Waals surface area contributed by atoms with Crippen molar-refractivity contribution in [2.24, 2.45) is 5.92 Å². The summed E-state index contributed by atoms with van der Waals surface area (Å²) in [7, 11) is 3.68. The Labute approximate surface area is 159 Å². The van der Waals surface area contributed by atoms with Crippen molar-refractivity contribution in [1.82, 2.24) is 19.9 Å². The average Bonchev–Trinajstić information content (AvgIpc) is 2.68. The summed E-state index contributed by atoms with van der Waals surface area (Å²) in [5, 5.41) is 0.844. The molecule has 2 aromatic rings. The first kappa shape index (κ1) is 18.7. The van der Waals surface area contributed by atoms with Gasteiger partial charge < -0.3 is 14.5 Å². The molecule has 0 radical (unpaired) electrons. The van der Waals surface area contributed by atoms with E-state index in [4.69, 9.17) is 4.74 Å². The summed E-state index contributed by atoms with van der Waals surface area (Å²) in [4.78, 5) is 22.3. The van der Waals surface area contributed by atoms with Gasteiger partial charge in [-0.15, -0.1) is 0 Å². The van der Waals surface area contributed by atoms with E-state index in [1.54, 1.807) is 31.3 Å². The van der Waals surface area contributed by atoms with Crippen molar-refractivity contribution in [2.45, 2.75) is 24.9 Å². The van der Waals surface area contributed by atoms with Crippen LogP contribution in [0.5, 0.6) is 5.88 Å². The van der Waals surface area contributed by atoms with Crippen molar-refractivity contribution in [2.75, 3.05) is 49.8 Å². The Kier molecular flexibility index (Phi) is 6.13. The predicted molar refractivity (Wildman–Crippen MR) is 105 cm³/mol. The van der Waals surface area contributed by atoms with Crippen LogP contribution in [0.1, 0.15) is 18.5 Å². The number of hydrogen-bond donors (Lipinski definition) is 0. The van der Waals surface area contributed by atoms with Gasteiger partial charge in [-0.05, 0) is 31.9 Å². The van der Waals surface area contributed by atoms with Crippen LogP contribution in [0.2, 0.25) is 0 Å². The largest absolute Gasteiger partial charge is 0.478 e. The maximum Gasteiger partial charge on any atom is 0.257 e. The molecule has 3 heterocycles. The fraction of sp³-hybridized carbons (Fsp3) is 0.556. The van der Waals surface area contributed by atoms with Crippen molar-refractivity contribution < 1.29 is 4.74 Å². The number of anilines is 2. The Morgan fingerprint density at radius 3 is 2.65 bits per heavy atom. The number of methoxy groups -OCH3 is 1. The summed E-state index contributed by atoms with van der Waals surface area (Å²) >= 11 is 1.59. The number of aromatic nitrogens is 4. The Balaban J connectivity index is 1.59. The topological polar surface area (TPSA) is 67.3 Å². The van der Waals surface area contributed by atoms with Crippen LogP contribution < -0.4 is 14.5 Å². The summed E-state index contributed by atoms with van der Waals surface area (Å²) in [6, 6.07) is 2.08. The molecule has 1 saturated heterocycles. The average molecular weight is 375 g/mol. The number of thioether (sulfide) groups is 1. The van der Waals surface area contributed by atoms with Crippen molar-refractivity contribution in [3.8, 4) is 5.88 Å². The van der Waals surface area contributed by atoms with Crippen molar-refractivity contribution in [3.63, 3.8) is 0 Å². The number of ether oxygens (including phenoxy) is 1. The summed E-state index contributed by atoms with van der Waals surface area (Å²) in [5.74, 6) is 3.04. The van der Waals surface area contributed by atoms with Crippen molar-refractivity contribution in [3.05, 3.63) is 24.2 Å². The molecule has 0 aromatic carbocycles. The molecule has 7 nitrogen and oxygen atoms in total. The summed E-state index contributed by atoms with van der Waals surface area (Å²) in [5.41, 5.74) is 1.02. The van der Waals surface area contributed by atoms with E-state index in [9.17, 15) is 0 Å². The smallest absolute Gasteiger partial charge is 0.257 e. The second-order valence-corrected chi connectivity index (χ2v) is 7.33. The van der Waals surface area contributed by atoms with Crippen molar-refractivity contribution >= 4 is 23.4 Å². The van der Waals surface area contributed by atoms with Gasteiger partial charge in [0.1, 0.15) is 5.82 Å². The lowest BCUT2D eigenvalue weighted by molar-refractivity contribution is 0.386. The lowest BCUT2D eigenvalue weighted by Gasteiger charge is -2.35. The van der Waals surface area contributed by atoms with Crippen LogP contribution in [-0.4, -0.2) is 60.0 Å². The van der Waals surface area contributed by atoms with Gasteiger partial charge in [0.2, 0.25) is 0 Å². The van der Waals surface area contributed by atoms with Gasteiger partial charge in [-0.1, -0.05) is 11.8 Å². The summed E-state index contributed by atoms with van der Waals surface area (Å²) in [6.07, 6.45) is 7.63. The van der Waals surface area contributed by atoms with E-state index < -0.39 is 0 Å². The molecule has 0 aliphatic carbocycles. The zero-order valence-corrected chi connectivity index (χ0v) is 16.7. The van der Waals surface area contributed by atoms with Gasteiger partial charge >= 0.3 is 0 Å². The fourth-order valence-corrected chi connectivity index (χ4v) is 3.74. The molecule has 2 aromatic heterocycles. The Morgan fingerprint density at radius 1 is 1.23 bits per heavy atom. The highest BCUT2D eigenvalue weighted by Crippen LogP contribution is 2.27. The van der Waals surface area contributed by atoms with E-state index in [1.807, 2.05) is 13.2 Å². The molecule has 140 valence electrons. The van der Waals surface area contributed by atoms with Gasteiger partial charge in [0, 0.05) is 50.8 Å². The van der Waals surface area contributed by atoms with Gasteiger partial charge in [0.15, 0.2) is 11.0 Å². The standard InChI is InChI=1S/C18H26N6OS/c1-13-11-15(22-18(21-13)26-4)24-9-5-14(6-10-24)12-23(2)16-17(25-3)20-8-7-19-16/h7-8,11,14H,5-6,9-10,12H2,1-4H3. The molecule has 1 aliphatic heterocycles. The van der Waals surface area contributed by atoms with Crippen LogP contribution in [0.15, 0.2) is 23.6 Å². The van der Waals surface area contributed by atoms with Crippen LogP contribution in [0, 0.1) is 12.8 Å². The van der Waals surface area contributed by atoms with E-state index in [-0.39, 0.29) is 0 Å². The molecule has 0 spiro atoms. The second-order valence-electron chi connectivity index (χ2n) is 6.55. The Morgan fingerprint density at radius 2 is 1.96 bits per heavy atom.